The van der Waals surface area contributed by atoms with E-state index in [4.69, 9.17) is 10.5 Å². The van der Waals surface area contributed by atoms with Crippen LogP contribution in [0.1, 0.15) is 102 Å². The summed E-state index contributed by atoms with van der Waals surface area (Å²) in [6.07, 6.45) is 15.4. The van der Waals surface area contributed by atoms with Crippen LogP contribution in [0.2, 0.25) is 0 Å². The molecule has 2 aromatic carbocycles. The van der Waals surface area contributed by atoms with Crippen molar-refractivity contribution < 1.29 is 29.4 Å². The summed E-state index contributed by atoms with van der Waals surface area (Å²) in [5.74, 6) is -2.27. The zero-order valence-corrected chi connectivity index (χ0v) is 37.3. The fourth-order valence-corrected chi connectivity index (χ4v) is 10.8. The van der Waals surface area contributed by atoms with Gasteiger partial charge in [0.2, 0.25) is 5.91 Å². The van der Waals surface area contributed by atoms with Gasteiger partial charge in [0.25, 0.3) is 0 Å². The molecule has 16 nitrogen and oxygen atoms in total. The molecule has 334 valence electrons. The van der Waals surface area contributed by atoms with E-state index < -0.39 is 23.7 Å². The molecule has 18 heteroatoms. The molecule has 1 amide bonds. The van der Waals surface area contributed by atoms with Crippen molar-refractivity contribution in [2.24, 2.45) is 5.73 Å². The number of nitrogens with two attached hydrogens (primary N) is 1. The number of hydrogen-bond donors (Lipinski definition) is 4. The lowest BCUT2D eigenvalue weighted by atomic mass is 9.91. The molecular formula is C47H48N10O6S2. The second kappa shape index (κ2) is 20.3. The molecule has 8 aromatic rings. The average molecular weight is 913 g/mol. The number of amides is 1. The van der Waals surface area contributed by atoms with Crippen LogP contribution >= 0.6 is 22.7 Å². The monoisotopic (exact) mass is 912 g/mol. The number of ether oxygens (including phenoxy) is 1. The van der Waals surface area contributed by atoms with E-state index in [1.165, 1.54) is 66.3 Å². The highest BCUT2D eigenvalue weighted by Gasteiger charge is 2.28. The van der Waals surface area contributed by atoms with Crippen molar-refractivity contribution in [2.75, 3.05) is 7.11 Å². The minimum absolute atomic E-state index is 0. The van der Waals surface area contributed by atoms with Gasteiger partial charge >= 0.3 is 5.97 Å². The molecule has 2 atom stereocenters. The van der Waals surface area contributed by atoms with Crippen LogP contribution in [0, 0.1) is 0 Å². The van der Waals surface area contributed by atoms with Crippen molar-refractivity contribution in [1.82, 2.24) is 46.5 Å². The molecule has 6 heterocycles. The molecule has 6 aromatic heterocycles. The topological polar surface area (TPSA) is 279 Å². The maximum absolute atomic E-state index is 13.0. The lowest BCUT2D eigenvalue weighted by Crippen LogP contribution is -2.23. The Bertz CT molecular complexity index is 2930. The molecule has 0 radical (unpaired) electrons. The lowest BCUT2D eigenvalue weighted by molar-refractivity contribution is -0.142. The van der Waals surface area contributed by atoms with Gasteiger partial charge in [0.15, 0.2) is 22.9 Å². The van der Waals surface area contributed by atoms with Gasteiger partial charge in [-0.3, -0.25) is 29.4 Å². The number of rotatable bonds is 12. The van der Waals surface area contributed by atoms with Gasteiger partial charge in [-0.15, -0.1) is 22.7 Å². The smallest absolute Gasteiger partial charge is 0.313 e. The number of H-pyrrole nitrogens is 2. The number of nitrogens with one attached hydrogen (secondary N) is 2. The predicted molar refractivity (Wildman–Crippen MR) is 249 cm³/mol. The number of carbonyl (C=O) groups excluding carboxylic acids is 4. The third kappa shape index (κ3) is 9.80. The van der Waals surface area contributed by atoms with Crippen molar-refractivity contribution in [3.63, 3.8) is 0 Å². The van der Waals surface area contributed by atoms with Crippen LogP contribution in [0.5, 0.6) is 0 Å². The highest BCUT2D eigenvalue weighted by molar-refractivity contribution is 7.14. The van der Waals surface area contributed by atoms with E-state index in [-0.39, 0.29) is 36.0 Å². The van der Waals surface area contributed by atoms with E-state index in [1.54, 1.807) is 35.1 Å². The molecule has 2 aliphatic rings. The molecule has 2 aliphatic carbocycles. The zero-order valence-electron chi connectivity index (χ0n) is 35.6. The molecule has 0 saturated carbocycles. The predicted octanol–water partition coefficient (Wildman–Crippen LogP) is 7.63. The molecule has 65 heavy (non-hydrogen) atoms. The summed E-state index contributed by atoms with van der Waals surface area (Å²) in [5, 5.41) is 15.4. The molecule has 0 aliphatic heterocycles. The summed E-state index contributed by atoms with van der Waals surface area (Å²) in [5.41, 5.74) is 14.3. The van der Waals surface area contributed by atoms with Crippen LogP contribution in [0.25, 0.3) is 44.6 Å². The number of benzene rings is 2. The number of methoxy groups -OCH3 is 1. The van der Waals surface area contributed by atoms with Crippen LogP contribution in [-0.2, 0) is 40.0 Å². The second-order valence-corrected chi connectivity index (χ2v) is 18.0. The normalized spacial score (nSPS) is 13.8. The van der Waals surface area contributed by atoms with Crippen LogP contribution in [0.15, 0.2) is 85.7 Å². The zero-order chi connectivity index (χ0) is 43.5. The lowest BCUT2D eigenvalue weighted by Gasteiger charge is -2.14. The Morgan fingerprint density at radius 1 is 0.646 bits per heavy atom. The minimum Gasteiger partial charge on any atom is -0.469 e. The summed E-state index contributed by atoms with van der Waals surface area (Å²) in [7, 11) is 1.36. The summed E-state index contributed by atoms with van der Waals surface area (Å²) in [6, 6.07) is 19.0. The maximum Gasteiger partial charge on any atom is 0.313 e. The number of nitrogens with zero attached hydrogens (tertiary/aromatic N) is 6. The number of hydrogen-bond acceptors (Lipinski definition) is 14. The number of ketones is 2. The summed E-state index contributed by atoms with van der Waals surface area (Å²) in [6.45, 7) is 0. The highest BCUT2D eigenvalue weighted by Crippen LogP contribution is 2.35. The van der Waals surface area contributed by atoms with Crippen molar-refractivity contribution >= 4 is 68.2 Å². The summed E-state index contributed by atoms with van der Waals surface area (Å²) < 4.78 is 5.03. The standard InChI is InChI=1S/C24H22N4O3S.C23H21N5O2S.H3N.H2O/c1-31-24(30)17(11-19(29)21-10-16-4-2-3-5-20(16)32-21)14-6-8-15(9-7-14)22-18-12-27-28-23(18)26-13-25-22;24-22(30)16(10-18(29)20-9-15-3-1-2-4-19(15)31-20)13-5-7-14(8-6-13)21-17-11-27-28-23(17)26-12-25-21;;/h6-10,12-13,17H,2-5,11H2,1H3,(H,25,26,27,28);5-9,11-12,16H,1-4,10H2,(H2,24,30)(H,25,26,27,28);1H3;1H2. The molecule has 0 fully saturated rings. The largest absolute Gasteiger partial charge is 0.469 e. The number of primary amides is 1. The number of thiophene rings is 2. The molecule has 0 spiro atoms. The number of carbonyl (C=O) groups is 4. The SMILES string of the molecule is COC(=O)C(CC(=O)c1cc2c(s1)CCCC2)c1ccc(-c2ncnc3[nH]ncc23)cc1.N.NC(=O)C(CC(=O)c1cc2c(s1)CCCC2)c1ccc(-c2ncnc3[nH]ncc23)cc1.O. The molecule has 10 rings (SSSR count). The Kier molecular flexibility index (Phi) is 14.4. The van der Waals surface area contributed by atoms with Gasteiger partial charge in [-0.2, -0.15) is 10.2 Å². The number of aromatic amines is 2. The molecule has 9 N–H and O–H groups in total. The first kappa shape index (κ1) is 46.1. The first-order chi connectivity index (χ1) is 30.7. The average Bonchev–Trinajstić information content (AvgIpc) is 4.16. The highest BCUT2D eigenvalue weighted by atomic mass is 32.1. The minimum atomic E-state index is -0.667. The van der Waals surface area contributed by atoms with Gasteiger partial charge in [-0.1, -0.05) is 48.5 Å². The van der Waals surface area contributed by atoms with Crippen molar-refractivity contribution in [2.45, 2.75) is 76.0 Å². The van der Waals surface area contributed by atoms with Gasteiger partial charge in [0, 0.05) is 33.7 Å². The Hall–Kier alpha value is -6.86. The van der Waals surface area contributed by atoms with E-state index >= 15 is 0 Å². The van der Waals surface area contributed by atoms with Gasteiger partial charge in [0.05, 0.1) is 63.3 Å². The number of aromatic nitrogens is 8. The Morgan fingerprint density at radius 2 is 1.08 bits per heavy atom. The van der Waals surface area contributed by atoms with Crippen LogP contribution in [-0.4, -0.2) is 76.4 Å². The number of Topliss-reactive ketones (excluding diaryl/α,β-unsaturated/α-hetero) is 2. The number of esters is 1. The Balaban J connectivity index is 0.000000188. The number of fused-ring (bicyclic) bond motifs is 4. The van der Waals surface area contributed by atoms with E-state index in [0.717, 1.165) is 79.9 Å². The van der Waals surface area contributed by atoms with Gasteiger partial charge in [0.1, 0.15) is 12.7 Å². The Labute approximate surface area is 381 Å². The van der Waals surface area contributed by atoms with Crippen molar-refractivity contribution in [3.8, 4) is 22.5 Å². The first-order valence-electron chi connectivity index (χ1n) is 20.9. The first-order valence-corrected chi connectivity index (χ1v) is 22.5. The van der Waals surface area contributed by atoms with E-state index in [0.29, 0.717) is 11.3 Å². The fraction of sp³-hybridized carbons (Fsp3) is 0.277. The van der Waals surface area contributed by atoms with E-state index in [1.807, 2.05) is 60.7 Å². The van der Waals surface area contributed by atoms with Crippen LogP contribution in [0.4, 0.5) is 0 Å². The van der Waals surface area contributed by atoms with Gasteiger partial charge < -0.3 is 22.1 Å². The van der Waals surface area contributed by atoms with Crippen molar-refractivity contribution in [3.05, 3.63) is 127 Å². The fourth-order valence-electron chi connectivity index (χ4n) is 8.43. The van der Waals surface area contributed by atoms with Crippen molar-refractivity contribution in [1.29, 1.82) is 0 Å². The quantitative estimate of drug-likeness (QED) is 0.0680. The summed E-state index contributed by atoms with van der Waals surface area (Å²) >= 11 is 3.15. The molecule has 0 saturated heterocycles. The Morgan fingerprint density at radius 3 is 1.51 bits per heavy atom. The van der Waals surface area contributed by atoms with Gasteiger partial charge in [-0.05, 0) is 85.8 Å². The third-order valence-electron chi connectivity index (χ3n) is 11.8. The van der Waals surface area contributed by atoms with Crippen LogP contribution < -0.4 is 11.9 Å². The van der Waals surface area contributed by atoms with E-state index in [9.17, 15) is 19.2 Å². The number of aryl methyl sites for hydroxylation is 4. The third-order valence-corrected chi connectivity index (χ3v) is 14.4. The second-order valence-electron chi connectivity index (χ2n) is 15.8. The molecular weight excluding hydrogens is 865 g/mol. The van der Waals surface area contributed by atoms with E-state index in [2.05, 4.69) is 40.3 Å². The summed E-state index contributed by atoms with van der Waals surface area (Å²) in [4.78, 5) is 71.9. The van der Waals surface area contributed by atoms with Crippen LogP contribution in [0.3, 0.4) is 0 Å². The molecule has 2 unspecified atom stereocenters. The molecule has 0 bridgehead atoms. The van der Waals surface area contributed by atoms with Gasteiger partial charge in [-0.25, -0.2) is 19.9 Å². The maximum atomic E-state index is 13.0.